The molecule has 4 N–H and O–H groups in total. The first kappa shape index (κ1) is 7.88. The van der Waals surface area contributed by atoms with Gasteiger partial charge in [-0.05, 0) is 13.0 Å². The van der Waals surface area contributed by atoms with Crippen molar-refractivity contribution in [1.82, 2.24) is 5.32 Å². The van der Waals surface area contributed by atoms with E-state index in [4.69, 9.17) is 10.8 Å². The Morgan fingerprint density at radius 3 is 2.75 bits per heavy atom. The molecule has 0 radical (unpaired) electrons. The van der Waals surface area contributed by atoms with Crippen LogP contribution in [-0.4, -0.2) is 24.4 Å². The zero-order valence-electron chi connectivity index (χ0n) is 5.22. The molecule has 3 nitrogen and oxygen atoms in total. The van der Waals surface area contributed by atoms with Crippen molar-refractivity contribution in [3.05, 3.63) is 0 Å². The van der Waals surface area contributed by atoms with E-state index in [-0.39, 0.29) is 12.8 Å². The summed E-state index contributed by atoms with van der Waals surface area (Å²) in [5, 5.41) is 11.3. The van der Waals surface area contributed by atoms with Crippen LogP contribution in [0.5, 0.6) is 0 Å². The molecule has 0 saturated carbocycles. The number of nitrogens with two attached hydrogens (primary N) is 1. The zero-order valence-corrected chi connectivity index (χ0v) is 5.22. The average molecular weight is 118 g/mol. The lowest BCUT2D eigenvalue weighted by Gasteiger charge is -2.07. The molecule has 0 bridgehead atoms. The van der Waals surface area contributed by atoms with Gasteiger partial charge in [0.1, 0.15) is 0 Å². The SMILES string of the molecule is CCCNC(N)CO. The number of aliphatic hydroxyl groups excluding tert-OH is 1. The van der Waals surface area contributed by atoms with Crippen LogP contribution in [0.2, 0.25) is 0 Å². The Morgan fingerprint density at radius 1 is 1.75 bits per heavy atom. The van der Waals surface area contributed by atoms with Gasteiger partial charge in [0, 0.05) is 0 Å². The maximum absolute atomic E-state index is 8.37. The highest BCUT2D eigenvalue weighted by Gasteiger charge is 1.93. The Bertz CT molecular complexity index is 49.7. The number of rotatable bonds is 4. The number of hydrogen-bond acceptors (Lipinski definition) is 3. The van der Waals surface area contributed by atoms with Crippen LogP contribution in [0, 0.1) is 0 Å². The molecule has 0 aliphatic rings. The fourth-order valence-corrected chi connectivity index (χ4v) is 0.394. The fraction of sp³-hybridized carbons (Fsp3) is 1.00. The van der Waals surface area contributed by atoms with Gasteiger partial charge in [-0.15, -0.1) is 0 Å². The molecule has 0 aromatic heterocycles. The monoisotopic (exact) mass is 118 g/mol. The van der Waals surface area contributed by atoms with E-state index in [0.717, 1.165) is 13.0 Å². The predicted molar refractivity (Wildman–Crippen MR) is 33.4 cm³/mol. The average Bonchev–Trinajstić information content (AvgIpc) is 1.83. The minimum absolute atomic E-state index is 0.0139. The Hall–Kier alpha value is -0.120. The maximum Gasteiger partial charge on any atom is 0.0785 e. The molecule has 0 saturated heterocycles. The lowest BCUT2D eigenvalue weighted by molar-refractivity contribution is 0.246. The predicted octanol–water partition coefficient (Wildman–Crippen LogP) is -0.737. The number of aliphatic hydroxyl groups is 1. The highest BCUT2D eigenvalue weighted by molar-refractivity contribution is 4.53. The van der Waals surface area contributed by atoms with Crippen LogP contribution < -0.4 is 11.1 Å². The Morgan fingerprint density at radius 2 is 2.38 bits per heavy atom. The largest absolute Gasteiger partial charge is 0.393 e. The number of nitrogens with one attached hydrogen (secondary N) is 1. The van der Waals surface area contributed by atoms with Gasteiger partial charge in [-0.25, -0.2) is 0 Å². The van der Waals surface area contributed by atoms with Crippen LogP contribution in [0.3, 0.4) is 0 Å². The van der Waals surface area contributed by atoms with Crippen LogP contribution in [0.15, 0.2) is 0 Å². The molecule has 3 heteroatoms. The summed E-state index contributed by atoms with van der Waals surface area (Å²) < 4.78 is 0. The lowest BCUT2D eigenvalue weighted by atomic mass is 10.4. The first-order chi connectivity index (χ1) is 3.81. The summed E-state index contributed by atoms with van der Waals surface area (Å²) in [7, 11) is 0. The van der Waals surface area contributed by atoms with Crippen LogP contribution in [0.1, 0.15) is 13.3 Å². The molecule has 0 fully saturated rings. The van der Waals surface area contributed by atoms with Gasteiger partial charge in [-0.1, -0.05) is 6.92 Å². The first-order valence-electron chi connectivity index (χ1n) is 2.91. The third kappa shape index (κ3) is 4.05. The quantitative estimate of drug-likeness (QED) is 0.426. The van der Waals surface area contributed by atoms with Gasteiger partial charge in [0.25, 0.3) is 0 Å². The molecule has 0 aromatic carbocycles. The second-order valence-corrected chi connectivity index (χ2v) is 1.74. The van der Waals surface area contributed by atoms with Crippen molar-refractivity contribution >= 4 is 0 Å². The van der Waals surface area contributed by atoms with Gasteiger partial charge in [0.2, 0.25) is 0 Å². The van der Waals surface area contributed by atoms with E-state index in [1.54, 1.807) is 0 Å². The van der Waals surface area contributed by atoms with E-state index in [1.807, 2.05) is 0 Å². The van der Waals surface area contributed by atoms with Gasteiger partial charge in [-0.2, -0.15) is 0 Å². The van der Waals surface area contributed by atoms with Crippen LogP contribution >= 0.6 is 0 Å². The maximum atomic E-state index is 8.37. The summed E-state index contributed by atoms with van der Waals surface area (Å²) in [6.07, 6.45) is 0.809. The first-order valence-corrected chi connectivity index (χ1v) is 2.91. The van der Waals surface area contributed by atoms with Crippen LogP contribution in [-0.2, 0) is 0 Å². The second kappa shape index (κ2) is 5.03. The Labute approximate surface area is 49.9 Å². The minimum Gasteiger partial charge on any atom is -0.393 e. The van der Waals surface area contributed by atoms with E-state index < -0.39 is 0 Å². The fourth-order valence-electron chi connectivity index (χ4n) is 0.394. The highest BCUT2D eigenvalue weighted by Crippen LogP contribution is 1.71. The van der Waals surface area contributed by atoms with E-state index in [1.165, 1.54) is 0 Å². The summed E-state index contributed by atoms with van der Waals surface area (Å²) in [5.41, 5.74) is 5.30. The van der Waals surface area contributed by atoms with Crippen molar-refractivity contribution in [2.75, 3.05) is 13.2 Å². The molecule has 1 unspecified atom stereocenters. The Kier molecular flexibility index (Phi) is 4.95. The van der Waals surface area contributed by atoms with E-state index in [2.05, 4.69) is 12.2 Å². The molecule has 0 spiro atoms. The van der Waals surface area contributed by atoms with Crippen molar-refractivity contribution in [2.45, 2.75) is 19.5 Å². The van der Waals surface area contributed by atoms with Crippen molar-refractivity contribution in [1.29, 1.82) is 0 Å². The third-order valence-corrected chi connectivity index (χ3v) is 0.853. The number of hydrogen-bond donors (Lipinski definition) is 3. The lowest BCUT2D eigenvalue weighted by Crippen LogP contribution is -2.40. The molecular weight excluding hydrogens is 104 g/mol. The normalized spacial score (nSPS) is 13.9. The zero-order chi connectivity index (χ0) is 6.41. The van der Waals surface area contributed by atoms with Crippen LogP contribution in [0.4, 0.5) is 0 Å². The Balaban J connectivity index is 2.86. The summed E-state index contributed by atoms with van der Waals surface area (Å²) in [4.78, 5) is 0. The minimum atomic E-state index is -0.241. The summed E-state index contributed by atoms with van der Waals surface area (Å²) in [6, 6.07) is 0. The molecule has 8 heavy (non-hydrogen) atoms. The third-order valence-electron chi connectivity index (χ3n) is 0.853. The van der Waals surface area contributed by atoms with Gasteiger partial charge in [-0.3, -0.25) is 0 Å². The van der Waals surface area contributed by atoms with Gasteiger partial charge < -0.3 is 16.2 Å². The van der Waals surface area contributed by atoms with Crippen molar-refractivity contribution in [3.8, 4) is 0 Å². The summed E-state index contributed by atoms with van der Waals surface area (Å²) >= 11 is 0. The van der Waals surface area contributed by atoms with E-state index in [0.29, 0.717) is 0 Å². The summed E-state index contributed by atoms with van der Waals surface area (Å²) in [5.74, 6) is 0. The van der Waals surface area contributed by atoms with Crippen LogP contribution in [0.25, 0.3) is 0 Å². The van der Waals surface area contributed by atoms with Gasteiger partial charge in [0.05, 0.1) is 12.8 Å². The molecule has 50 valence electrons. The van der Waals surface area contributed by atoms with E-state index >= 15 is 0 Å². The molecule has 0 heterocycles. The molecule has 1 atom stereocenters. The molecule has 0 rings (SSSR count). The topological polar surface area (TPSA) is 58.3 Å². The van der Waals surface area contributed by atoms with Gasteiger partial charge in [0.15, 0.2) is 0 Å². The highest BCUT2D eigenvalue weighted by atomic mass is 16.3. The van der Waals surface area contributed by atoms with E-state index in [9.17, 15) is 0 Å². The summed E-state index contributed by atoms with van der Waals surface area (Å²) in [6.45, 7) is 2.94. The molecule has 0 aromatic rings. The second-order valence-electron chi connectivity index (χ2n) is 1.74. The van der Waals surface area contributed by atoms with Gasteiger partial charge >= 0.3 is 0 Å². The van der Waals surface area contributed by atoms with Crippen molar-refractivity contribution in [3.63, 3.8) is 0 Å². The standard InChI is InChI=1S/C5H14N2O/c1-2-3-7-5(6)4-8/h5,7-8H,2-4,6H2,1H3. The van der Waals surface area contributed by atoms with Crippen molar-refractivity contribution in [2.24, 2.45) is 5.73 Å². The van der Waals surface area contributed by atoms with Crippen molar-refractivity contribution < 1.29 is 5.11 Å². The molecule has 0 amide bonds. The molecular formula is C5H14N2O. The smallest absolute Gasteiger partial charge is 0.0785 e. The molecule has 0 aliphatic heterocycles. The molecule has 0 aliphatic carbocycles.